The number of hydrogen-bond donors (Lipinski definition) is 1. The smallest absolute Gasteiger partial charge is 0.248 e. The highest BCUT2D eigenvalue weighted by molar-refractivity contribution is 5.78. The Hall–Kier alpha value is -1.40. The van der Waals surface area contributed by atoms with Gasteiger partial charge in [-0.2, -0.15) is 0 Å². The Morgan fingerprint density at radius 2 is 2.27 bits per heavy atom. The first-order chi connectivity index (χ1) is 10.7. The van der Waals surface area contributed by atoms with Gasteiger partial charge in [0.05, 0.1) is 12.0 Å². The molecule has 3 saturated heterocycles. The van der Waals surface area contributed by atoms with Crippen LogP contribution in [-0.2, 0) is 16.1 Å². The standard InChI is InChI=1S/C16H26N4O2/c1-3-22-10-16(21)20-7-13-4-5-14(20)8-19(6-13)9-15-12(2)17-11-18-15/h11,13-14H,3-10H2,1-2H3,(H,17,18)/t13-,14+/m0/s1. The van der Waals surface area contributed by atoms with Gasteiger partial charge in [-0.05, 0) is 32.6 Å². The molecule has 0 spiro atoms. The summed E-state index contributed by atoms with van der Waals surface area (Å²) in [5.41, 5.74) is 2.26. The Balaban J connectivity index is 1.65. The zero-order valence-corrected chi connectivity index (χ0v) is 13.5. The molecule has 1 aromatic heterocycles. The van der Waals surface area contributed by atoms with Crippen molar-refractivity contribution in [3.8, 4) is 0 Å². The number of aromatic amines is 1. The van der Waals surface area contributed by atoms with Gasteiger partial charge < -0.3 is 14.6 Å². The molecular formula is C16H26N4O2. The molecule has 4 rings (SSSR count). The van der Waals surface area contributed by atoms with Gasteiger partial charge in [-0.15, -0.1) is 0 Å². The molecule has 0 aliphatic carbocycles. The summed E-state index contributed by atoms with van der Waals surface area (Å²) >= 11 is 0. The molecule has 3 fully saturated rings. The molecule has 6 heteroatoms. The van der Waals surface area contributed by atoms with Gasteiger partial charge in [0.2, 0.25) is 5.91 Å². The highest BCUT2D eigenvalue weighted by Crippen LogP contribution is 2.28. The first-order valence-electron chi connectivity index (χ1n) is 8.25. The summed E-state index contributed by atoms with van der Waals surface area (Å²) in [4.78, 5) is 24.4. The monoisotopic (exact) mass is 306 g/mol. The number of carbonyl (C=O) groups excluding carboxylic acids is 1. The Morgan fingerprint density at radius 3 is 3.00 bits per heavy atom. The molecule has 0 radical (unpaired) electrons. The van der Waals surface area contributed by atoms with E-state index in [0.717, 1.165) is 44.0 Å². The Kier molecular flexibility index (Phi) is 4.78. The Bertz CT molecular complexity index is 516. The second-order valence-electron chi connectivity index (χ2n) is 6.45. The van der Waals surface area contributed by atoms with Crippen molar-refractivity contribution in [2.45, 2.75) is 39.3 Å². The molecule has 2 bridgehead atoms. The minimum absolute atomic E-state index is 0.148. The van der Waals surface area contributed by atoms with E-state index < -0.39 is 0 Å². The van der Waals surface area contributed by atoms with Crippen LogP contribution < -0.4 is 0 Å². The molecule has 1 amide bonds. The molecule has 1 aromatic rings. The number of imidazole rings is 1. The molecule has 0 aromatic carbocycles. The van der Waals surface area contributed by atoms with Crippen LogP contribution in [-0.4, -0.2) is 64.6 Å². The summed E-state index contributed by atoms with van der Waals surface area (Å²) in [5.74, 6) is 0.720. The van der Waals surface area contributed by atoms with Crippen LogP contribution in [0.25, 0.3) is 0 Å². The van der Waals surface area contributed by atoms with Crippen molar-refractivity contribution in [1.82, 2.24) is 19.8 Å². The minimum Gasteiger partial charge on any atom is -0.372 e. The van der Waals surface area contributed by atoms with Crippen LogP contribution in [0, 0.1) is 12.8 Å². The predicted molar refractivity (Wildman–Crippen MR) is 83.3 cm³/mol. The summed E-state index contributed by atoms with van der Waals surface area (Å²) in [5, 5.41) is 0. The lowest BCUT2D eigenvalue weighted by molar-refractivity contribution is -0.140. The van der Waals surface area contributed by atoms with Gasteiger partial charge in [0.25, 0.3) is 0 Å². The number of carbonyl (C=O) groups is 1. The van der Waals surface area contributed by atoms with E-state index in [9.17, 15) is 4.79 Å². The van der Waals surface area contributed by atoms with E-state index in [2.05, 4.69) is 26.7 Å². The Morgan fingerprint density at radius 1 is 1.41 bits per heavy atom. The summed E-state index contributed by atoms with van der Waals surface area (Å²) in [7, 11) is 0. The van der Waals surface area contributed by atoms with Gasteiger partial charge in [0, 0.05) is 44.5 Å². The summed E-state index contributed by atoms with van der Waals surface area (Å²) in [6.07, 6.45) is 4.09. The fourth-order valence-corrected chi connectivity index (χ4v) is 3.64. The van der Waals surface area contributed by atoms with Crippen LogP contribution in [0.2, 0.25) is 0 Å². The first kappa shape index (κ1) is 15.5. The van der Waals surface area contributed by atoms with E-state index in [0.29, 0.717) is 18.6 Å². The third-order valence-electron chi connectivity index (χ3n) is 4.85. The molecule has 0 saturated carbocycles. The van der Waals surface area contributed by atoms with Crippen LogP contribution in [0.1, 0.15) is 31.2 Å². The number of nitrogens with one attached hydrogen (secondary N) is 1. The van der Waals surface area contributed by atoms with Gasteiger partial charge in [-0.25, -0.2) is 4.98 Å². The first-order valence-corrected chi connectivity index (χ1v) is 8.25. The van der Waals surface area contributed by atoms with Crippen LogP contribution >= 0.6 is 0 Å². The van der Waals surface area contributed by atoms with E-state index in [-0.39, 0.29) is 12.5 Å². The van der Waals surface area contributed by atoms with E-state index in [1.165, 1.54) is 6.42 Å². The number of nitrogens with zero attached hydrogens (tertiary/aromatic N) is 3. The lowest BCUT2D eigenvalue weighted by Crippen LogP contribution is -2.48. The number of piperidine rings is 1. The second-order valence-corrected chi connectivity index (χ2v) is 6.45. The number of rotatable bonds is 5. The molecule has 22 heavy (non-hydrogen) atoms. The van der Waals surface area contributed by atoms with Crippen LogP contribution in [0.15, 0.2) is 6.33 Å². The maximum absolute atomic E-state index is 12.3. The number of H-pyrrole nitrogens is 1. The molecule has 6 nitrogen and oxygen atoms in total. The Labute approximate surface area is 131 Å². The van der Waals surface area contributed by atoms with Gasteiger partial charge in [0.15, 0.2) is 0 Å². The maximum atomic E-state index is 12.3. The molecule has 2 atom stereocenters. The third kappa shape index (κ3) is 3.33. The number of fused-ring (bicyclic) bond motifs is 4. The maximum Gasteiger partial charge on any atom is 0.248 e. The normalized spacial score (nSPS) is 25.5. The molecule has 4 heterocycles. The highest BCUT2D eigenvalue weighted by Gasteiger charge is 2.37. The van der Waals surface area contributed by atoms with Crippen LogP contribution in [0.5, 0.6) is 0 Å². The lowest BCUT2D eigenvalue weighted by Gasteiger charge is -2.36. The SMILES string of the molecule is CCOCC(=O)N1C[C@H]2CC[C@@H]1CN(Cc1nc[nH]c1C)C2. The summed E-state index contributed by atoms with van der Waals surface area (Å²) in [6.45, 7) is 8.56. The summed E-state index contributed by atoms with van der Waals surface area (Å²) < 4.78 is 5.31. The van der Waals surface area contributed by atoms with Gasteiger partial charge in [-0.1, -0.05) is 0 Å². The number of amides is 1. The second kappa shape index (κ2) is 6.79. The van der Waals surface area contributed by atoms with Gasteiger partial charge >= 0.3 is 0 Å². The van der Waals surface area contributed by atoms with Crippen molar-refractivity contribution in [3.05, 3.63) is 17.7 Å². The largest absolute Gasteiger partial charge is 0.372 e. The highest BCUT2D eigenvalue weighted by atomic mass is 16.5. The zero-order valence-electron chi connectivity index (χ0n) is 13.5. The van der Waals surface area contributed by atoms with E-state index in [1.807, 2.05) is 6.92 Å². The zero-order chi connectivity index (χ0) is 15.5. The average Bonchev–Trinajstić information content (AvgIpc) is 2.74. The van der Waals surface area contributed by atoms with Crippen LogP contribution in [0.4, 0.5) is 0 Å². The molecule has 1 N–H and O–H groups in total. The average molecular weight is 306 g/mol. The van der Waals surface area contributed by atoms with Gasteiger partial charge in [-0.3, -0.25) is 9.69 Å². The fourth-order valence-electron chi connectivity index (χ4n) is 3.64. The molecule has 122 valence electrons. The van der Waals surface area contributed by atoms with Crippen molar-refractivity contribution in [3.63, 3.8) is 0 Å². The number of aryl methyl sites for hydroxylation is 1. The van der Waals surface area contributed by atoms with Crippen molar-refractivity contribution in [2.75, 3.05) is 32.8 Å². The van der Waals surface area contributed by atoms with Crippen molar-refractivity contribution in [2.24, 2.45) is 5.92 Å². The summed E-state index contributed by atoms with van der Waals surface area (Å²) in [6, 6.07) is 0.325. The van der Waals surface area contributed by atoms with Crippen molar-refractivity contribution < 1.29 is 9.53 Å². The minimum atomic E-state index is 0.148. The van der Waals surface area contributed by atoms with Crippen molar-refractivity contribution in [1.29, 1.82) is 0 Å². The number of hydrogen-bond acceptors (Lipinski definition) is 4. The number of ether oxygens (including phenoxy) is 1. The predicted octanol–water partition coefficient (Wildman–Crippen LogP) is 1.18. The van der Waals surface area contributed by atoms with Crippen LogP contribution in [0.3, 0.4) is 0 Å². The van der Waals surface area contributed by atoms with E-state index >= 15 is 0 Å². The molecule has 3 aliphatic rings. The molecular weight excluding hydrogens is 280 g/mol. The van der Waals surface area contributed by atoms with Crippen molar-refractivity contribution >= 4 is 5.91 Å². The van der Waals surface area contributed by atoms with Gasteiger partial charge in [0.1, 0.15) is 6.61 Å². The van der Waals surface area contributed by atoms with E-state index in [4.69, 9.17) is 4.74 Å². The topological polar surface area (TPSA) is 61.5 Å². The van der Waals surface area contributed by atoms with E-state index in [1.54, 1.807) is 6.33 Å². The quantitative estimate of drug-likeness (QED) is 0.887. The molecule has 3 aliphatic heterocycles. The fraction of sp³-hybridized carbons (Fsp3) is 0.750. The lowest BCUT2D eigenvalue weighted by atomic mass is 9.95. The molecule has 0 unspecified atom stereocenters. The number of aromatic nitrogens is 2. The third-order valence-corrected chi connectivity index (χ3v) is 4.85.